The quantitative estimate of drug-likeness (QED) is 0.867. The van der Waals surface area contributed by atoms with Gasteiger partial charge in [0.05, 0.1) is 5.69 Å². The highest BCUT2D eigenvalue weighted by atomic mass is 32.1. The van der Waals surface area contributed by atoms with E-state index in [0.717, 1.165) is 36.8 Å². The lowest BCUT2D eigenvalue weighted by atomic mass is 9.82. The van der Waals surface area contributed by atoms with Crippen molar-refractivity contribution < 1.29 is 9.90 Å². The molecule has 0 aromatic carbocycles. The minimum atomic E-state index is -0.839. The zero-order valence-corrected chi connectivity index (χ0v) is 13.4. The maximum atomic E-state index is 11.3. The highest BCUT2D eigenvalue weighted by Gasteiger charge is 2.36. The topological polar surface area (TPSA) is 53.4 Å². The molecule has 1 saturated heterocycles. The molecular weight excluding hydrogens is 272 g/mol. The summed E-state index contributed by atoms with van der Waals surface area (Å²) in [6.45, 7) is 8.57. The molecule has 1 N–H and O–H groups in total. The van der Waals surface area contributed by atoms with Crippen LogP contribution < -0.4 is 4.90 Å². The van der Waals surface area contributed by atoms with Crippen molar-refractivity contribution in [3.8, 4) is 0 Å². The molecule has 20 heavy (non-hydrogen) atoms. The Balaban J connectivity index is 2.22. The van der Waals surface area contributed by atoms with Crippen molar-refractivity contribution in [3.05, 3.63) is 10.6 Å². The van der Waals surface area contributed by atoms with E-state index in [-0.39, 0.29) is 0 Å². The van der Waals surface area contributed by atoms with Crippen molar-refractivity contribution in [2.75, 3.05) is 18.0 Å². The molecular formula is C15H24N2O2S. The first kappa shape index (κ1) is 15.3. The molecule has 1 aromatic rings. The van der Waals surface area contributed by atoms with Gasteiger partial charge in [0.2, 0.25) is 0 Å². The van der Waals surface area contributed by atoms with Gasteiger partial charge < -0.3 is 10.0 Å². The van der Waals surface area contributed by atoms with Crippen LogP contribution in [-0.2, 0) is 6.42 Å². The smallest absolute Gasteiger partial charge is 0.347 e. The molecule has 0 aliphatic carbocycles. The molecule has 0 spiro atoms. The third-order valence-corrected chi connectivity index (χ3v) is 5.72. The molecule has 0 saturated carbocycles. The summed E-state index contributed by atoms with van der Waals surface area (Å²) in [5, 5.41) is 10.2. The van der Waals surface area contributed by atoms with Gasteiger partial charge in [-0.15, -0.1) is 0 Å². The monoisotopic (exact) mass is 296 g/mol. The molecule has 0 radical (unpaired) electrons. The van der Waals surface area contributed by atoms with Crippen molar-refractivity contribution in [2.45, 2.75) is 52.9 Å². The van der Waals surface area contributed by atoms with Gasteiger partial charge in [-0.3, -0.25) is 0 Å². The maximum absolute atomic E-state index is 11.3. The number of aryl methyl sites for hydroxylation is 1. The SMILES string of the molecule is CCCc1nc(N2CCC(CC)(CC)C2)sc1C(=O)O. The number of nitrogens with zero attached hydrogens (tertiary/aromatic N) is 2. The highest BCUT2D eigenvalue weighted by molar-refractivity contribution is 7.17. The van der Waals surface area contributed by atoms with Crippen LogP contribution in [0.25, 0.3) is 0 Å². The number of carboxylic acids is 1. The minimum Gasteiger partial charge on any atom is -0.477 e. The van der Waals surface area contributed by atoms with Gasteiger partial charge in [-0.1, -0.05) is 38.5 Å². The molecule has 1 aliphatic heterocycles. The van der Waals surface area contributed by atoms with E-state index in [1.54, 1.807) is 0 Å². The van der Waals surface area contributed by atoms with Crippen LogP contribution >= 0.6 is 11.3 Å². The van der Waals surface area contributed by atoms with Crippen LogP contribution in [-0.4, -0.2) is 29.1 Å². The number of anilines is 1. The molecule has 1 fully saturated rings. The molecule has 0 unspecified atom stereocenters. The lowest BCUT2D eigenvalue weighted by Crippen LogP contribution is -2.26. The molecule has 4 nitrogen and oxygen atoms in total. The summed E-state index contributed by atoms with van der Waals surface area (Å²) in [7, 11) is 0. The van der Waals surface area contributed by atoms with Gasteiger partial charge >= 0.3 is 5.97 Å². The molecule has 5 heteroatoms. The largest absolute Gasteiger partial charge is 0.477 e. The van der Waals surface area contributed by atoms with Crippen molar-refractivity contribution in [1.29, 1.82) is 0 Å². The van der Waals surface area contributed by atoms with Crippen molar-refractivity contribution >= 4 is 22.4 Å². The van der Waals surface area contributed by atoms with Gasteiger partial charge in [0.1, 0.15) is 4.88 Å². The molecule has 0 atom stereocenters. The van der Waals surface area contributed by atoms with E-state index < -0.39 is 5.97 Å². The molecule has 1 aliphatic rings. The number of hydrogen-bond acceptors (Lipinski definition) is 4. The number of aromatic carboxylic acids is 1. The van der Waals surface area contributed by atoms with E-state index in [1.165, 1.54) is 30.6 Å². The summed E-state index contributed by atoms with van der Waals surface area (Å²) in [5.74, 6) is -0.839. The van der Waals surface area contributed by atoms with Gasteiger partial charge in [0.15, 0.2) is 5.13 Å². The van der Waals surface area contributed by atoms with Gasteiger partial charge in [-0.2, -0.15) is 0 Å². The maximum Gasteiger partial charge on any atom is 0.347 e. The lowest BCUT2D eigenvalue weighted by molar-refractivity contribution is 0.0700. The van der Waals surface area contributed by atoms with E-state index in [9.17, 15) is 9.90 Å². The first-order chi connectivity index (χ1) is 9.55. The first-order valence-corrected chi connectivity index (χ1v) is 8.34. The van der Waals surface area contributed by atoms with Crippen molar-refractivity contribution in [1.82, 2.24) is 4.98 Å². The van der Waals surface area contributed by atoms with Gasteiger partial charge in [0.25, 0.3) is 0 Å². The molecule has 2 heterocycles. The number of hydrogen-bond donors (Lipinski definition) is 1. The van der Waals surface area contributed by atoms with Crippen LogP contribution in [0, 0.1) is 5.41 Å². The molecule has 2 rings (SSSR count). The summed E-state index contributed by atoms with van der Waals surface area (Å²) in [4.78, 5) is 18.6. The van der Waals surface area contributed by atoms with Crippen LogP contribution in [0.15, 0.2) is 0 Å². The number of thiazole rings is 1. The van der Waals surface area contributed by atoms with Crippen LogP contribution in [0.1, 0.15) is 61.8 Å². The number of carbonyl (C=O) groups is 1. The van der Waals surface area contributed by atoms with E-state index >= 15 is 0 Å². The van der Waals surface area contributed by atoms with E-state index in [2.05, 4.69) is 30.7 Å². The molecule has 1 aromatic heterocycles. The Morgan fingerprint density at radius 1 is 1.40 bits per heavy atom. The zero-order chi connectivity index (χ0) is 14.8. The first-order valence-electron chi connectivity index (χ1n) is 7.53. The summed E-state index contributed by atoms with van der Waals surface area (Å²) in [6, 6.07) is 0. The second-order valence-electron chi connectivity index (χ2n) is 5.71. The Hall–Kier alpha value is -1.10. The zero-order valence-electron chi connectivity index (χ0n) is 12.6. The predicted octanol–water partition coefficient (Wildman–Crippen LogP) is 3.81. The number of rotatable bonds is 6. The summed E-state index contributed by atoms with van der Waals surface area (Å²) in [6.07, 6.45) is 5.22. The van der Waals surface area contributed by atoms with E-state index in [0.29, 0.717) is 10.3 Å². The Bertz CT molecular complexity index is 480. The standard InChI is InChI=1S/C15H24N2O2S/c1-4-7-11-12(13(18)19)20-14(16-11)17-9-8-15(5-2,6-3)10-17/h4-10H2,1-3H3,(H,18,19). The Morgan fingerprint density at radius 2 is 2.10 bits per heavy atom. The normalized spacial score (nSPS) is 17.6. The molecule has 112 valence electrons. The number of aromatic nitrogens is 1. The Labute approximate surface area is 124 Å². The fourth-order valence-electron chi connectivity index (χ4n) is 2.97. The summed E-state index contributed by atoms with van der Waals surface area (Å²) >= 11 is 1.34. The lowest BCUT2D eigenvalue weighted by Gasteiger charge is -2.26. The Morgan fingerprint density at radius 3 is 2.60 bits per heavy atom. The van der Waals surface area contributed by atoms with Gasteiger partial charge in [0, 0.05) is 13.1 Å². The van der Waals surface area contributed by atoms with Crippen molar-refractivity contribution in [2.24, 2.45) is 5.41 Å². The second-order valence-corrected chi connectivity index (χ2v) is 6.68. The second kappa shape index (κ2) is 6.12. The van der Waals surface area contributed by atoms with E-state index in [1.807, 2.05) is 0 Å². The average Bonchev–Trinajstić information content (AvgIpc) is 3.03. The summed E-state index contributed by atoms with van der Waals surface area (Å²) in [5.41, 5.74) is 1.14. The van der Waals surface area contributed by atoms with Crippen LogP contribution in [0.5, 0.6) is 0 Å². The average molecular weight is 296 g/mol. The van der Waals surface area contributed by atoms with Crippen molar-refractivity contribution in [3.63, 3.8) is 0 Å². The van der Waals surface area contributed by atoms with Crippen LogP contribution in [0.2, 0.25) is 0 Å². The fraction of sp³-hybridized carbons (Fsp3) is 0.733. The van der Waals surface area contributed by atoms with E-state index in [4.69, 9.17) is 0 Å². The third kappa shape index (κ3) is 2.82. The molecule has 0 amide bonds. The van der Waals surface area contributed by atoms with Crippen LogP contribution in [0.3, 0.4) is 0 Å². The fourth-order valence-corrected chi connectivity index (χ4v) is 3.95. The predicted molar refractivity (Wildman–Crippen MR) is 82.9 cm³/mol. The van der Waals surface area contributed by atoms with Gasteiger partial charge in [-0.05, 0) is 31.1 Å². The Kier molecular flexibility index (Phi) is 4.68. The minimum absolute atomic E-state index is 0.389. The van der Waals surface area contributed by atoms with Crippen LogP contribution in [0.4, 0.5) is 5.13 Å². The third-order valence-electron chi connectivity index (χ3n) is 4.58. The molecule has 0 bridgehead atoms. The van der Waals surface area contributed by atoms with Gasteiger partial charge in [-0.25, -0.2) is 9.78 Å². The highest BCUT2D eigenvalue weighted by Crippen LogP contribution is 2.40. The number of carboxylic acid groups (broad SMARTS) is 1. The summed E-state index contributed by atoms with van der Waals surface area (Å²) < 4.78 is 0.